The van der Waals surface area contributed by atoms with E-state index in [1.165, 1.54) is 12.1 Å². The van der Waals surface area contributed by atoms with Gasteiger partial charge in [-0.25, -0.2) is 14.5 Å². The lowest BCUT2D eigenvalue weighted by atomic mass is 10.0. The van der Waals surface area contributed by atoms with Crippen molar-refractivity contribution < 1.29 is 34.3 Å². The minimum absolute atomic E-state index is 0.0174. The minimum atomic E-state index is -1.20. The van der Waals surface area contributed by atoms with Crippen molar-refractivity contribution in [2.75, 3.05) is 0 Å². The van der Waals surface area contributed by atoms with Crippen LogP contribution < -0.4 is 9.47 Å². The Balaban J connectivity index is 1.76. The highest BCUT2D eigenvalue weighted by Gasteiger charge is 2.18. The highest BCUT2D eigenvalue weighted by Crippen LogP contribution is 2.29. The number of carbonyl (C=O) groups is 2. The molecular formula is C23H20O7. The first-order valence-electron chi connectivity index (χ1n) is 9.07. The zero-order valence-electron chi connectivity index (χ0n) is 16.4. The first-order chi connectivity index (χ1) is 14.4. The Labute approximate surface area is 173 Å². The molecule has 3 aromatic rings. The van der Waals surface area contributed by atoms with Crippen LogP contribution in [0.5, 0.6) is 17.2 Å². The molecule has 0 saturated heterocycles. The number of aromatic carboxylic acids is 1. The van der Waals surface area contributed by atoms with Gasteiger partial charge in [0.2, 0.25) is 0 Å². The zero-order valence-corrected chi connectivity index (χ0v) is 16.4. The molecule has 0 aliphatic rings. The lowest BCUT2D eigenvalue weighted by molar-refractivity contribution is -0.253. The number of aryl methyl sites for hydroxylation is 2. The fourth-order valence-electron chi connectivity index (χ4n) is 2.82. The van der Waals surface area contributed by atoms with Gasteiger partial charge in [-0.2, -0.15) is 0 Å². The summed E-state index contributed by atoms with van der Waals surface area (Å²) in [5, 5.41) is 18.0. The molecule has 0 amide bonds. The lowest BCUT2D eigenvalue weighted by Gasteiger charge is -2.12. The monoisotopic (exact) mass is 408 g/mol. The van der Waals surface area contributed by atoms with Gasteiger partial charge in [-0.3, -0.25) is 5.26 Å². The van der Waals surface area contributed by atoms with Gasteiger partial charge in [-0.15, -0.1) is 0 Å². The molecule has 0 radical (unpaired) electrons. The van der Waals surface area contributed by atoms with Crippen molar-refractivity contribution in [1.82, 2.24) is 0 Å². The molecule has 3 aromatic carbocycles. The molecular weight excluding hydrogens is 388 g/mol. The van der Waals surface area contributed by atoms with Crippen LogP contribution in [0, 0.1) is 13.8 Å². The van der Waals surface area contributed by atoms with E-state index in [1.807, 2.05) is 19.1 Å². The summed E-state index contributed by atoms with van der Waals surface area (Å²) in [6, 6.07) is 16.3. The fraction of sp³-hybridized carbons (Fsp3) is 0.130. The van der Waals surface area contributed by atoms with Gasteiger partial charge in [0, 0.05) is 5.56 Å². The second-order valence-corrected chi connectivity index (χ2v) is 6.70. The molecule has 7 heteroatoms. The molecule has 0 fully saturated rings. The highest BCUT2D eigenvalue weighted by molar-refractivity contribution is 6.03. The molecule has 0 unspecified atom stereocenters. The van der Waals surface area contributed by atoms with E-state index in [9.17, 15) is 14.7 Å². The summed E-state index contributed by atoms with van der Waals surface area (Å²) in [4.78, 5) is 28.0. The number of hydrogen-bond acceptors (Lipinski definition) is 6. The number of rotatable bonds is 7. The van der Waals surface area contributed by atoms with Gasteiger partial charge in [0.05, 0.1) is 11.1 Å². The summed E-state index contributed by atoms with van der Waals surface area (Å²) >= 11 is 0. The summed E-state index contributed by atoms with van der Waals surface area (Å²) in [6.45, 7) is 3.65. The predicted octanol–water partition coefficient (Wildman–Crippen LogP) is 5.00. The average molecular weight is 408 g/mol. The first kappa shape index (κ1) is 21.0. The van der Waals surface area contributed by atoms with E-state index in [2.05, 4.69) is 4.89 Å². The first-order valence-corrected chi connectivity index (χ1v) is 9.07. The number of benzene rings is 3. The van der Waals surface area contributed by atoms with Crippen LogP contribution in [0.4, 0.5) is 0 Å². The topological polar surface area (TPSA) is 102 Å². The molecule has 0 aliphatic carbocycles. The molecule has 0 bridgehead atoms. The Morgan fingerprint density at radius 2 is 1.47 bits per heavy atom. The molecule has 0 spiro atoms. The number of esters is 1. The lowest BCUT2D eigenvalue weighted by Crippen LogP contribution is -2.14. The Kier molecular flexibility index (Phi) is 6.46. The molecule has 3 rings (SSSR count). The van der Waals surface area contributed by atoms with Crippen molar-refractivity contribution in [3.05, 3.63) is 88.5 Å². The molecule has 0 heterocycles. The van der Waals surface area contributed by atoms with Crippen molar-refractivity contribution in [3.8, 4) is 17.2 Å². The van der Waals surface area contributed by atoms with Gasteiger partial charge in [0.25, 0.3) is 0 Å². The largest absolute Gasteiger partial charge is 0.478 e. The zero-order chi connectivity index (χ0) is 21.7. The Morgan fingerprint density at radius 1 is 0.833 bits per heavy atom. The Morgan fingerprint density at radius 3 is 2.13 bits per heavy atom. The van der Waals surface area contributed by atoms with Crippen molar-refractivity contribution in [1.29, 1.82) is 0 Å². The van der Waals surface area contributed by atoms with Crippen LogP contribution in [0.3, 0.4) is 0 Å². The van der Waals surface area contributed by atoms with Gasteiger partial charge < -0.3 is 14.6 Å². The molecule has 2 N–H and O–H groups in total. The molecule has 7 nitrogen and oxygen atoms in total. The number of ether oxygens (including phenoxy) is 2. The van der Waals surface area contributed by atoms with Crippen LogP contribution in [-0.4, -0.2) is 22.3 Å². The van der Waals surface area contributed by atoms with E-state index in [0.29, 0.717) is 17.1 Å². The van der Waals surface area contributed by atoms with Crippen molar-refractivity contribution >= 4 is 11.9 Å². The standard InChI is InChI=1S/C23H20O7/c1-14-4-10-19(22(24)25)20(11-14)23(26)30-18-8-6-17(7-9-18)29-21-12-15(2)3-5-16(21)13-28-27/h3-12,27H,13H2,1-2H3,(H,24,25). The SMILES string of the molecule is Cc1ccc(COO)c(Oc2ccc(OC(=O)c3cc(C)ccc3C(=O)O)cc2)c1. The van der Waals surface area contributed by atoms with Crippen LogP contribution >= 0.6 is 0 Å². The average Bonchev–Trinajstić information content (AvgIpc) is 2.71. The molecule has 154 valence electrons. The molecule has 0 atom stereocenters. The van der Waals surface area contributed by atoms with Crippen molar-refractivity contribution in [2.45, 2.75) is 20.5 Å². The maximum Gasteiger partial charge on any atom is 0.344 e. The van der Waals surface area contributed by atoms with E-state index >= 15 is 0 Å². The van der Waals surface area contributed by atoms with E-state index in [0.717, 1.165) is 11.1 Å². The van der Waals surface area contributed by atoms with Gasteiger partial charge in [0.1, 0.15) is 23.9 Å². The Bertz CT molecular complexity index is 1070. The third-order valence-corrected chi connectivity index (χ3v) is 4.33. The van der Waals surface area contributed by atoms with Gasteiger partial charge in [0.15, 0.2) is 0 Å². The van der Waals surface area contributed by atoms with Gasteiger partial charge >= 0.3 is 11.9 Å². The van der Waals surface area contributed by atoms with E-state index in [1.54, 1.807) is 43.3 Å². The molecule has 0 aliphatic heterocycles. The summed E-state index contributed by atoms with van der Waals surface area (Å²) in [5.41, 5.74) is 2.25. The van der Waals surface area contributed by atoms with E-state index < -0.39 is 11.9 Å². The Hall–Kier alpha value is -3.68. The van der Waals surface area contributed by atoms with Crippen LogP contribution in [0.1, 0.15) is 37.4 Å². The smallest absolute Gasteiger partial charge is 0.344 e. The molecule has 0 aromatic heterocycles. The fourth-order valence-corrected chi connectivity index (χ4v) is 2.82. The van der Waals surface area contributed by atoms with E-state index in [-0.39, 0.29) is 23.5 Å². The molecule has 0 saturated carbocycles. The highest BCUT2D eigenvalue weighted by atomic mass is 17.1. The number of carboxylic acid groups (broad SMARTS) is 1. The van der Waals surface area contributed by atoms with Gasteiger partial charge in [-0.05, 0) is 61.9 Å². The van der Waals surface area contributed by atoms with Crippen LogP contribution in [0.2, 0.25) is 0 Å². The summed E-state index contributed by atoms with van der Waals surface area (Å²) < 4.78 is 11.2. The normalized spacial score (nSPS) is 10.5. The summed E-state index contributed by atoms with van der Waals surface area (Å²) in [5.74, 6) is -0.702. The van der Waals surface area contributed by atoms with Crippen molar-refractivity contribution in [3.63, 3.8) is 0 Å². The van der Waals surface area contributed by atoms with Gasteiger partial charge in [-0.1, -0.05) is 23.8 Å². The summed E-state index contributed by atoms with van der Waals surface area (Å²) in [6.07, 6.45) is 0. The van der Waals surface area contributed by atoms with Crippen LogP contribution in [0.25, 0.3) is 0 Å². The maximum atomic E-state index is 12.5. The predicted molar refractivity (Wildman–Crippen MR) is 108 cm³/mol. The summed E-state index contributed by atoms with van der Waals surface area (Å²) in [7, 11) is 0. The number of hydrogen-bond donors (Lipinski definition) is 2. The second kappa shape index (κ2) is 9.21. The van der Waals surface area contributed by atoms with E-state index in [4.69, 9.17) is 14.7 Å². The number of carbonyl (C=O) groups excluding carboxylic acids is 1. The van der Waals surface area contributed by atoms with Crippen LogP contribution in [-0.2, 0) is 11.5 Å². The van der Waals surface area contributed by atoms with Crippen LogP contribution in [0.15, 0.2) is 60.7 Å². The second-order valence-electron chi connectivity index (χ2n) is 6.70. The third kappa shape index (κ3) is 5.02. The quantitative estimate of drug-likeness (QED) is 0.245. The molecule has 30 heavy (non-hydrogen) atoms. The van der Waals surface area contributed by atoms with Crippen molar-refractivity contribution in [2.24, 2.45) is 0 Å². The third-order valence-electron chi connectivity index (χ3n) is 4.33. The maximum absolute atomic E-state index is 12.5. The minimum Gasteiger partial charge on any atom is -0.478 e. The number of carboxylic acids is 1.